The Morgan fingerprint density at radius 2 is 2.38 bits per heavy atom. The third-order valence-electron chi connectivity index (χ3n) is 1.90. The molecule has 5 heteroatoms. The summed E-state index contributed by atoms with van der Waals surface area (Å²) >= 11 is 3.31. The van der Waals surface area contributed by atoms with Gasteiger partial charge >= 0.3 is 5.97 Å². The number of rotatable bonds is 6. The molecule has 0 saturated heterocycles. The van der Waals surface area contributed by atoms with Crippen molar-refractivity contribution in [3.8, 4) is 0 Å². The maximum absolute atomic E-state index is 10.5. The maximum atomic E-state index is 10.5. The van der Waals surface area contributed by atoms with Crippen molar-refractivity contribution in [1.29, 1.82) is 0 Å². The first-order valence-electron chi connectivity index (χ1n) is 5.06. The predicted octanol–water partition coefficient (Wildman–Crippen LogP) is 3.06. The molecule has 0 amide bonds. The molecule has 0 atom stereocenters. The minimum Gasteiger partial charge on any atom is -0.478 e. The van der Waals surface area contributed by atoms with Gasteiger partial charge in [0, 0.05) is 11.8 Å². The minimum absolute atomic E-state index is 0.891. The number of thiazole rings is 1. The normalized spacial score (nSPS) is 11.1. The summed E-state index contributed by atoms with van der Waals surface area (Å²) < 4.78 is 0. The first-order valence-corrected chi connectivity index (χ1v) is 7.27. The maximum Gasteiger partial charge on any atom is 0.328 e. The minimum atomic E-state index is -0.915. The highest BCUT2D eigenvalue weighted by atomic mass is 32.2. The number of aliphatic carboxylic acids is 1. The SMILES string of the molecule is CCCc1nc(CSC)sc1/C=C/C(=O)O. The molecular formula is C11H15NO2S2. The van der Waals surface area contributed by atoms with Crippen LogP contribution in [0.15, 0.2) is 6.08 Å². The van der Waals surface area contributed by atoms with Crippen LogP contribution in [-0.2, 0) is 17.0 Å². The molecule has 0 fully saturated rings. The fourth-order valence-electron chi connectivity index (χ4n) is 1.29. The molecule has 0 spiro atoms. The van der Waals surface area contributed by atoms with E-state index in [4.69, 9.17) is 5.11 Å². The molecule has 0 aliphatic heterocycles. The van der Waals surface area contributed by atoms with Crippen molar-refractivity contribution in [3.05, 3.63) is 21.7 Å². The summed E-state index contributed by atoms with van der Waals surface area (Å²) in [5, 5.41) is 9.67. The van der Waals surface area contributed by atoms with E-state index in [1.54, 1.807) is 29.2 Å². The molecule has 16 heavy (non-hydrogen) atoms. The first-order chi connectivity index (χ1) is 7.67. The Morgan fingerprint density at radius 1 is 1.62 bits per heavy atom. The summed E-state index contributed by atoms with van der Waals surface area (Å²) in [5.41, 5.74) is 1.02. The quantitative estimate of drug-likeness (QED) is 0.796. The van der Waals surface area contributed by atoms with Crippen molar-refractivity contribution in [1.82, 2.24) is 4.98 Å². The lowest BCUT2D eigenvalue weighted by atomic mass is 10.2. The molecule has 1 N–H and O–H groups in total. The van der Waals surface area contributed by atoms with E-state index < -0.39 is 5.97 Å². The van der Waals surface area contributed by atoms with Gasteiger partial charge in [-0.3, -0.25) is 0 Å². The summed E-state index contributed by atoms with van der Waals surface area (Å²) in [6.45, 7) is 2.10. The van der Waals surface area contributed by atoms with Crippen molar-refractivity contribution >= 4 is 35.1 Å². The number of carbonyl (C=O) groups is 1. The Hall–Kier alpha value is -0.810. The largest absolute Gasteiger partial charge is 0.478 e. The smallest absolute Gasteiger partial charge is 0.328 e. The van der Waals surface area contributed by atoms with Gasteiger partial charge in [0.15, 0.2) is 0 Å². The molecule has 1 rings (SSSR count). The van der Waals surface area contributed by atoms with Gasteiger partial charge in [-0.15, -0.1) is 11.3 Å². The second kappa shape index (κ2) is 6.70. The Labute approximate surface area is 104 Å². The molecule has 0 aliphatic rings. The highest BCUT2D eigenvalue weighted by Crippen LogP contribution is 2.24. The van der Waals surface area contributed by atoms with Crippen LogP contribution >= 0.6 is 23.1 Å². The van der Waals surface area contributed by atoms with Crippen LogP contribution in [-0.4, -0.2) is 22.3 Å². The van der Waals surface area contributed by atoms with Crippen molar-refractivity contribution in [2.75, 3.05) is 6.26 Å². The van der Waals surface area contributed by atoms with Crippen LogP contribution in [0.1, 0.15) is 28.9 Å². The topological polar surface area (TPSA) is 50.2 Å². The van der Waals surface area contributed by atoms with Crippen LogP contribution in [0.5, 0.6) is 0 Å². The van der Waals surface area contributed by atoms with E-state index >= 15 is 0 Å². The second-order valence-corrected chi connectivity index (χ2v) is 5.25. The zero-order valence-electron chi connectivity index (χ0n) is 9.40. The molecule has 0 bridgehead atoms. The summed E-state index contributed by atoms with van der Waals surface area (Å²) in [4.78, 5) is 16.0. The first kappa shape index (κ1) is 13.3. The van der Waals surface area contributed by atoms with E-state index in [2.05, 4.69) is 11.9 Å². The molecule has 88 valence electrons. The van der Waals surface area contributed by atoms with E-state index in [0.29, 0.717) is 0 Å². The Bertz CT molecular complexity index is 385. The van der Waals surface area contributed by atoms with Crippen molar-refractivity contribution in [2.24, 2.45) is 0 Å². The third kappa shape index (κ3) is 3.98. The predicted molar refractivity (Wildman–Crippen MR) is 70.0 cm³/mol. The van der Waals surface area contributed by atoms with E-state index in [0.717, 1.165) is 34.2 Å². The highest BCUT2D eigenvalue weighted by Gasteiger charge is 2.08. The van der Waals surface area contributed by atoms with Crippen LogP contribution in [0.3, 0.4) is 0 Å². The summed E-state index contributed by atoms with van der Waals surface area (Å²) in [6.07, 6.45) is 6.79. The average molecular weight is 257 g/mol. The van der Waals surface area contributed by atoms with Crippen LogP contribution in [0.2, 0.25) is 0 Å². The van der Waals surface area contributed by atoms with Gasteiger partial charge in [0.1, 0.15) is 5.01 Å². The summed E-state index contributed by atoms with van der Waals surface area (Å²) in [5.74, 6) is -0.0234. The molecule has 0 aliphatic carbocycles. The Kier molecular flexibility index (Phi) is 5.55. The molecule has 1 heterocycles. The van der Waals surface area contributed by atoms with Gasteiger partial charge in [-0.2, -0.15) is 11.8 Å². The number of aryl methyl sites for hydroxylation is 1. The zero-order chi connectivity index (χ0) is 12.0. The lowest BCUT2D eigenvalue weighted by molar-refractivity contribution is -0.131. The van der Waals surface area contributed by atoms with Crippen LogP contribution < -0.4 is 0 Å². The molecule has 1 aromatic heterocycles. The number of nitrogens with zero attached hydrogens (tertiary/aromatic N) is 1. The van der Waals surface area contributed by atoms with Gasteiger partial charge in [0.05, 0.1) is 10.6 Å². The molecule has 0 saturated carbocycles. The average Bonchev–Trinajstić information content (AvgIpc) is 2.59. The lowest BCUT2D eigenvalue weighted by Crippen LogP contribution is -1.89. The number of carboxylic acid groups (broad SMARTS) is 1. The molecule has 0 radical (unpaired) electrons. The fourth-order valence-corrected chi connectivity index (χ4v) is 3.00. The van der Waals surface area contributed by atoms with Crippen molar-refractivity contribution < 1.29 is 9.90 Å². The lowest BCUT2D eigenvalue weighted by Gasteiger charge is -1.93. The number of aromatic nitrogens is 1. The summed E-state index contributed by atoms with van der Waals surface area (Å²) in [6, 6.07) is 0. The van der Waals surface area contributed by atoms with Crippen LogP contribution in [0.25, 0.3) is 6.08 Å². The fraction of sp³-hybridized carbons (Fsp3) is 0.455. The zero-order valence-corrected chi connectivity index (χ0v) is 11.0. The van der Waals surface area contributed by atoms with Gasteiger partial charge in [-0.25, -0.2) is 9.78 Å². The number of hydrogen-bond acceptors (Lipinski definition) is 4. The van der Waals surface area contributed by atoms with E-state index in [9.17, 15) is 4.79 Å². The Morgan fingerprint density at radius 3 is 2.94 bits per heavy atom. The van der Waals surface area contributed by atoms with E-state index in [-0.39, 0.29) is 0 Å². The molecule has 0 aromatic carbocycles. The standard InChI is InChI=1S/C11H15NO2S2/c1-3-4-8-9(5-6-11(13)14)16-10(12-8)7-15-2/h5-6H,3-4,7H2,1-2H3,(H,13,14)/b6-5+. The summed E-state index contributed by atoms with van der Waals surface area (Å²) in [7, 11) is 0. The van der Waals surface area contributed by atoms with Gasteiger partial charge in [-0.1, -0.05) is 13.3 Å². The van der Waals surface area contributed by atoms with Gasteiger partial charge in [0.2, 0.25) is 0 Å². The van der Waals surface area contributed by atoms with Crippen molar-refractivity contribution in [3.63, 3.8) is 0 Å². The van der Waals surface area contributed by atoms with Gasteiger partial charge in [-0.05, 0) is 18.8 Å². The third-order valence-corrected chi connectivity index (χ3v) is 3.71. The van der Waals surface area contributed by atoms with Crippen LogP contribution in [0.4, 0.5) is 0 Å². The number of carboxylic acids is 1. The number of thioether (sulfide) groups is 1. The molecule has 3 nitrogen and oxygen atoms in total. The molecule has 1 aromatic rings. The van der Waals surface area contributed by atoms with E-state index in [1.807, 2.05) is 6.26 Å². The van der Waals surface area contributed by atoms with E-state index in [1.165, 1.54) is 6.08 Å². The molecular weight excluding hydrogens is 242 g/mol. The van der Waals surface area contributed by atoms with Crippen LogP contribution in [0, 0.1) is 0 Å². The highest BCUT2D eigenvalue weighted by molar-refractivity contribution is 7.97. The second-order valence-electron chi connectivity index (χ2n) is 3.27. The Balaban J connectivity index is 2.90. The van der Waals surface area contributed by atoms with Crippen molar-refractivity contribution in [2.45, 2.75) is 25.5 Å². The van der Waals surface area contributed by atoms with Gasteiger partial charge < -0.3 is 5.11 Å². The van der Waals surface area contributed by atoms with Gasteiger partial charge in [0.25, 0.3) is 0 Å². The molecule has 0 unspecified atom stereocenters. The number of hydrogen-bond donors (Lipinski definition) is 1. The monoisotopic (exact) mass is 257 g/mol.